The number of rotatable bonds is 7. The second-order valence-corrected chi connectivity index (χ2v) is 6.40. The molecule has 4 N–H and O–H groups in total. The van der Waals surface area contributed by atoms with E-state index in [1.54, 1.807) is 25.3 Å². The van der Waals surface area contributed by atoms with Crippen molar-refractivity contribution in [1.29, 1.82) is 0 Å². The molecule has 1 saturated heterocycles. The van der Waals surface area contributed by atoms with Crippen LogP contribution in [0.15, 0.2) is 18.2 Å². The fourth-order valence-corrected chi connectivity index (χ4v) is 2.95. The number of carbonyl (C=O) groups is 2. The summed E-state index contributed by atoms with van der Waals surface area (Å²) in [5, 5.41) is 5.82. The molecule has 1 fully saturated rings. The number of halogens is 1. The van der Waals surface area contributed by atoms with Crippen LogP contribution in [0.25, 0.3) is 0 Å². The van der Waals surface area contributed by atoms with Crippen LogP contribution in [0.1, 0.15) is 23.2 Å². The highest BCUT2D eigenvalue weighted by Crippen LogP contribution is 2.31. The molecule has 138 valence electrons. The van der Waals surface area contributed by atoms with Crippen molar-refractivity contribution in [2.45, 2.75) is 12.8 Å². The summed E-state index contributed by atoms with van der Waals surface area (Å²) in [7, 11) is 1.56. The van der Waals surface area contributed by atoms with Gasteiger partial charge in [0.15, 0.2) is 0 Å². The molecule has 0 unspecified atom stereocenters. The summed E-state index contributed by atoms with van der Waals surface area (Å²) in [5.41, 5.74) is 6.09. The molecule has 0 aromatic heterocycles. The third kappa shape index (κ3) is 4.92. The second-order valence-electron chi connectivity index (χ2n) is 5.99. The van der Waals surface area contributed by atoms with Gasteiger partial charge in [-0.1, -0.05) is 11.6 Å². The van der Waals surface area contributed by atoms with E-state index in [0.717, 1.165) is 0 Å². The third-order valence-corrected chi connectivity index (χ3v) is 4.70. The molecule has 1 aliphatic rings. The van der Waals surface area contributed by atoms with E-state index in [4.69, 9.17) is 26.8 Å². The molecule has 2 amide bonds. The summed E-state index contributed by atoms with van der Waals surface area (Å²) >= 11 is 6.19. The van der Waals surface area contributed by atoms with Crippen molar-refractivity contribution in [3.63, 3.8) is 0 Å². The van der Waals surface area contributed by atoms with Crippen LogP contribution in [0, 0.1) is 5.41 Å². The molecule has 1 heterocycles. The van der Waals surface area contributed by atoms with E-state index in [1.165, 1.54) is 0 Å². The summed E-state index contributed by atoms with van der Waals surface area (Å²) in [6.45, 7) is 2.11. The summed E-state index contributed by atoms with van der Waals surface area (Å²) < 4.78 is 10.2. The number of nitrogens with two attached hydrogens (primary N) is 1. The summed E-state index contributed by atoms with van der Waals surface area (Å²) in [5.74, 6) is -0.436. The lowest BCUT2D eigenvalue weighted by molar-refractivity contribution is -0.130. The predicted molar refractivity (Wildman–Crippen MR) is 95.8 cm³/mol. The Hall–Kier alpha value is -1.67. The van der Waals surface area contributed by atoms with E-state index in [9.17, 15) is 9.59 Å². The van der Waals surface area contributed by atoms with Crippen molar-refractivity contribution >= 4 is 29.1 Å². The highest BCUT2D eigenvalue weighted by Gasteiger charge is 2.38. The van der Waals surface area contributed by atoms with Crippen molar-refractivity contribution in [2.75, 3.05) is 45.3 Å². The largest absolute Gasteiger partial charge is 0.383 e. The maximum atomic E-state index is 12.6. The smallest absolute Gasteiger partial charge is 0.252 e. The Kier molecular flexibility index (Phi) is 7.19. The molecule has 0 aliphatic carbocycles. The van der Waals surface area contributed by atoms with Crippen LogP contribution >= 0.6 is 11.6 Å². The Balaban J connectivity index is 2.04. The number of hydrogen-bond donors (Lipinski definition) is 3. The van der Waals surface area contributed by atoms with Crippen molar-refractivity contribution in [3.05, 3.63) is 28.8 Å². The van der Waals surface area contributed by atoms with Crippen LogP contribution in [-0.4, -0.2) is 51.8 Å². The molecule has 0 saturated carbocycles. The van der Waals surface area contributed by atoms with Gasteiger partial charge in [0, 0.05) is 39.1 Å². The average molecular weight is 370 g/mol. The maximum Gasteiger partial charge on any atom is 0.252 e. The first-order chi connectivity index (χ1) is 12.0. The van der Waals surface area contributed by atoms with Crippen molar-refractivity contribution < 1.29 is 19.1 Å². The predicted octanol–water partition coefficient (Wildman–Crippen LogP) is 1.41. The van der Waals surface area contributed by atoms with E-state index in [1.807, 2.05) is 0 Å². The first-order valence-electron chi connectivity index (χ1n) is 8.18. The van der Waals surface area contributed by atoms with Crippen molar-refractivity contribution in [2.24, 2.45) is 11.1 Å². The molecule has 1 aliphatic heterocycles. The Morgan fingerprint density at radius 1 is 1.36 bits per heavy atom. The molecule has 0 radical (unpaired) electrons. The normalized spacial score (nSPS) is 16.3. The molecule has 0 atom stereocenters. The van der Waals surface area contributed by atoms with Crippen LogP contribution in [0.2, 0.25) is 5.02 Å². The Morgan fingerprint density at radius 2 is 2.08 bits per heavy atom. The van der Waals surface area contributed by atoms with Crippen LogP contribution in [0.3, 0.4) is 0 Å². The minimum absolute atomic E-state index is 0.147. The Bertz CT molecular complexity index is 618. The van der Waals surface area contributed by atoms with Gasteiger partial charge < -0.3 is 25.8 Å². The monoisotopic (exact) mass is 369 g/mol. The highest BCUT2D eigenvalue weighted by molar-refractivity contribution is 6.34. The minimum Gasteiger partial charge on any atom is -0.383 e. The number of nitrogens with one attached hydrogen (secondary N) is 2. The van der Waals surface area contributed by atoms with E-state index in [0.29, 0.717) is 50.5 Å². The van der Waals surface area contributed by atoms with Crippen molar-refractivity contribution in [3.8, 4) is 0 Å². The Morgan fingerprint density at radius 3 is 2.68 bits per heavy atom. The molecule has 7 nitrogen and oxygen atoms in total. The van der Waals surface area contributed by atoms with Gasteiger partial charge in [-0.15, -0.1) is 0 Å². The maximum absolute atomic E-state index is 12.6. The molecule has 8 heteroatoms. The molecule has 0 spiro atoms. The van der Waals surface area contributed by atoms with Gasteiger partial charge in [-0.05, 0) is 31.0 Å². The number of ether oxygens (including phenoxy) is 2. The van der Waals surface area contributed by atoms with E-state index in [2.05, 4.69) is 10.6 Å². The van der Waals surface area contributed by atoms with E-state index >= 15 is 0 Å². The molecule has 25 heavy (non-hydrogen) atoms. The van der Waals surface area contributed by atoms with Gasteiger partial charge >= 0.3 is 0 Å². The minimum atomic E-state index is -0.624. The zero-order valence-corrected chi connectivity index (χ0v) is 15.0. The molecule has 1 aromatic carbocycles. The third-order valence-electron chi connectivity index (χ3n) is 4.39. The zero-order valence-electron chi connectivity index (χ0n) is 14.3. The standard InChI is InChI=1S/C17H24ClN3O4/c1-24-9-6-20-15(22)13-3-2-12(10-14(13)18)21-16(23)17(11-19)4-7-25-8-5-17/h2-3,10H,4-9,11,19H2,1H3,(H,20,22)(H,21,23). The summed E-state index contributed by atoms with van der Waals surface area (Å²) in [6, 6.07) is 4.80. The van der Waals surface area contributed by atoms with Gasteiger partial charge in [0.25, 0.3) is 5.91 Å². The van der Waals surface area contributed by atoms with Gasteiger partial charge in [0.2, 0.25) is 5.91 Å². The number of hydrogen-bond acceptors (Lipinski definition) is 5. The number of carbonyl (C=O) groups excluding carboxylic acids is 2. The van der Waals surface area contributed by atoms with Gasteiger partial charge in [-0.25, -0.2) is 0 Å². The molecular weight excluding hydrogens is 346 g/mol. The average Bonchev–Trinajstić information content (AvgIpc) is 2.62. The SMILES string of the molecule is COCCNC(=O)c1ccc(NC(=O)C2(CN)CCOCC2)cc1Cl. The van der Waals surface area contributed by atoms with Crippen LogP contribution in [0.4, 0.5) is 5.69 Å². The molecule has 1 aromatic rings. The quantitative estimate of drug-likeness (QED) is 0.630. The molecule has 0 bridgehead atoms. The van der Waals surface area contributed by atoms with E-state index < -0.39 is 5.41 Å². The number of anilines is 1. The van der Waals surface area contributed by atoms with Gasteiger partial charge in [-0.3, -0.25) is 9.59 Å². The lowest BCUT2D eigenvalue weighted by atomic mass is 9.79. The number of methoxy groups -OCH3 is 1. The molecule has 2 rings (SSSR count). The number of benzene rings is 1. The number of amides is 2. The lowest BCUT2D eigenvalue weighted by Crippen LogP contribution is -2.46. The first kappa shape index (κ1) is 19.7. The van der Waals surface area contributed by atoms with Gasteiger partial charge in [0.1, 0.15) is 0 Å². The van der Waals surface area contributed by atoms with Crippen molar-refractivity contribution in [1.82, 2.24) is 5.32 Å². The highest BCUT2D eigenvalue weighted by atomic mass is 35.5. The first-order valence-corrected chi connectivity index (χ1v) is 8.56. The van der Waals surface area contributed by atoms with Gasteiger partial charge in [0.05, 0.1) is 22.6 Å². The van der Waals surface area contributed by atoms with Crippen LogP contribution < -0.4 is 16.4 Å². The zero-order chi connectivity index (χ0) is 18.3. The summed E-state index contributed by atoms with van der Waals surface area (Å²) in [4.78, 5) is 24.7. The summed E-state index contributed by atoms with van der Waals surface area (Å²) in [6.07, 6.45) is 1.17. The van der Waals surface area contributed by atoms with Gasteiger partial charge in [-0.2, -0.15) is 0 Å². The molecular formula is C17H24ClN3O4. The van der Waals surface area contributed by atoms with Crippen LogP contribution in [-0.2, 0) is 14.3 Å². The Labute approximate surface area is 152 Å². The lowest BCUT2D eigenvalue weighted by Gasteiger charge is -2.34. The van der Waals surface area contributed by atoms with E-state index in [-0.39, 0.29) is 23.4 Å². The topological polar surface area (TPSA) is 103 Å². The van der Waals surface area contributed by atoms with Crippen LogP contribution in [0.5, 0.6) is 0 Å². The second kappa shape index (κ2) is 9.15. The fraction of sp³-hybridized carbons (Fsp3) is 0.529. The fourth-order valence-electron chi connectivity index (χ4n) is 2.69.